The van der Waals surface area contributed by atoms with E-state index in [1.54, 1.807) is 25.1 Å². The van der Waals surface area contributed by atoms with Gasteiger partial charge in [-0.1, -0.05) is 0 Å². The van der Waals surface area contributed by atoms with Gasteiger partial charge < -0.3 is 14.7 Å². The van der Waals surface area contributed by atoms with Crippen molar-refractivity contribution in [1.82, 2.24) is 4.90 Å². The summed E-state index contributed by atoms with van der Waals surface area (Å²) >= 11 is 3.29. The molecule has 6 heteroatoms. The predicted octanol–water partition coefficient (Wildman–Crippen LogP) is 2.00. The largest absolute Gasteiger partial charge is 0.496 e. The summed E-state index contributed by atoms with van der Waals surface area (Å²) in [5.74, 6) is -0.728. The van der Waals surface area contributed by atoms with E-state index in [0.717, 1.165) is 0 Å². The van der Waals surface area contributed by atoms with Crippen LogP contribution in [0.1, 0.15) is 17.3 Å². The minimum absolute atomic E-state index is 0.307. The van der Waals surface area contributed by atoms with E-state index in [4.69, 9.17) is 9.84 Å². The number of benzene rings is 1. The van der Waals surface area contributed by atoms with E-state index in [1.807, 2.05) is 0 Å². The Morgan fingerprint density at radius 2 is 2.11 bits per heavy atom. The highest BCUT2D eigenvalue weighted by molar-refractivity contribution is 9.10. The Kier molecular flexibility index (Phi) is 5.15. The number of rotatable bonds is 5. The minimum atomic E-state index is -1.03. The van der Waals surface area contributed by atoms with Crippen molar-refractivity contribution in [1.29, 1.82) is 0 Å². The molecule has 0 radical (unpaired) electrons. The molecule has 0 aliphatic heterocycles. The summed E-state index contributed by atoms with van der Waals surface area (Å²) in [5, 5.41) is 8.72. The third-order valence-corrected chi connectivity index (χ3v) is 3.01. The van der Waals surface area contributed by atoms with Crippen LogP contribution >= 0.6 is 15.9 Å². The number of aliphatic carboxylic acids is 1. The Labute approximate surface area is 113 Å². The van der Waals surface area contributed by atoms with Crippen molar-refractivity contribution >= 4 is 27.8 Å². The lowest BCUT2D eigenvalue weighted by Crippen LogP contribution is -2.35. The Hall–Kier alpha value is -1.56. The predicted molar refractivity (Wildman–Crippen MR) is 69.9 cm³/mol. The number of likely N-dealkylation sites (N-methyl/N-ethyl adjacent to an activating group) is 1. The number of carboxylic acid groups (broad SMARTS) is 1. The lowest BCUT2D eigenvalue weighted by atomic mass is 10.2. The molecule has 0 heterocycles. The van der Waals surface area contributed by atoms with Gasteiger partial charge >= 0.3 is 5.97 Å². The van der Waals surface area contributed by atoms with Crippen LogP contribution in [0.4, 0.5) is 0 Å². The maximum atomic E-state index is 12.1. The molecule has 1 N–H and O–H groups in total. The molecule has 0 saturated heterocycles. The van der Waals surface area contributed by atoms with Gasteiger partial charge in [-0.2, -0.15) is 0 Å². The van der Waals surface area contributed by atoms with E-state index in [-0.39, 0.29) is 12.5 Å². The van der Waals surface area contributed by atoms with Crippen LogP contribution in [0.25, 0.3) is 0 Å². The number of ether oxygens (including phenoxy) is 1. The summed E-state index contributed by atoms with van der Waals surface area (Å²) in [6.45, 7) is 1.77. The van der Waals surface area contributed by atoms with Crippen LogP contribution in [0, 0.1) is 0 Å². The maximum Gasteiger partial charge on any atom is 0.323 e. The molecule has 1 aromatic rings. The molecule has 0 aromatic heterocycles. The first-order valence-electron chi connectivity index (χ1n) is 5.34. The van der Waals surface area contributed by atoms with Crippen molar-refractivity contribution in [3.05, 3.63) is 28.2 Å². The second kappa shape index (κ2) is 6.39. The van der Waals surface area contributed by atoms with Gasteiger partial charge in [0.05, 0.1) is 11.6 Å². The van der Waals surface area contributed by atoms with Gasteiger partial charge in [-0.25, -0.2) is 0 Å². The average molecular weight is 316 g/mol. The first kappa shape index (κ1) is 14.5. The number of amides is 1. The van der Waals surface area contributed by atoms with Crippen molar-refractivity contribution in [2.24, 2.45) is 0 Å². The zero-order chi connectivity index (χ0) is 13.7. The van der Waals surface area contributed by atoms with Gasteiger partial charge in [0, 0.05) is 12.1 Å². The van der Waals surface area contributed by atoms with Crippen LogP contribution in [0.5, 0.6) is 5.75 Å². The van der Waals surface area contributed by atoms with E-state index >= 15 is 0 Å². The quantitative estimate of drug-likeness (QED) is 0.902. The number of carbonyl (C=O) groups excluding carboxylic acids is 1. The molecule has 1 amide bonds. The van der Waals surface area contributed by atoms with Gasteiger partial charge in [-0.3, -0.25) is 9.59 Å². The molecule has 5 nitrogen and oxygen atoms in total. The Balaban J connectivity index is 2.95. The van der Waals surface area contributed by atoms with Crippen LogP contribution in [0.2, 0.25) is 0 Å². The van der Waals surface area contributed by atoms with Crippen molar-refractivity contribution < 1.29 is 19.4 Å². The fraction of sp³-hybridized carbons (Fsp3) is 0.333. The molecule has 0 bridgehead atoms. The summed E-state index contributed by atoms with van der Waals surface area (Å²) < 4.78 is 5.72. The van der Waals surface area contributed by atoms with Crippen LogP contribution in [0.3, 0.4) is 0 Å². The van der Waals surface area contributed by atoms with Crippen molar-refractivity contribution in [3.63, 3.8) is 0 Å². The maximum absolute atomic E-state index is 12.1. The van der Waals surface area contributed by atoms with E-state index in [0.29, 0.717) is 22.3 Å². The molecule has 0 atom stereocenters. The van der Waals surface area contributed by atoms with Gasteiger partial charge in [0.15, 0.2) is 0 Å². The third-order valence-electron chi connectivity index (χ3n) is 2.39. The van der Waals surface area contributed by atoms with Gasteiger partial charge in [0.25, 0.3) is 5.91 Å². The van der Waals surface area contributed by atoms with E-state index < -0.39 is 5.97 Å². The number of nitrogens with zero attached hydrogens (tertiary/aromatic N) is 1. The summed E-state index contributed by atoms with van der Waals surface area (Å²) in [4.78, 5) is 24.0. The summed E-state index contributed by atoms with van der Waals surface area (Å²) in [5.41, 5.74) is 0.422. The van der Waals surface area contributed by atoms with Gasteiger partial charge in [-0.15, -0.1) is 0 Å². The molecule has 98 valence electrons. The highest BCUT2D eigenvalue weighted by Crippen LogP contribution is 2.26. The summed E-state index contributed by atoms with van der Waals surface area (Å²) in [6.07, 6.45) is 0. The lowest BCUT2D eigenvalue weighted by molar-refractivity contribution is -0.137. The lowest BCUT2D eigenvalue weighted by Gasteiger charge is -2.18. The molecule has 0 aliphatic rings. The van der Waals surface area contributed by atoms with Crippen molar-refractivity contribution in [3.8, 4) is 5.75 Å². The number of halogens is 1. The number of carboxylic acids is 1. The number of methoxy groups -OCH3 is 1. The zero-order valence-electron chi connectivity index (χ0n) is 10.1. The third kappa shape index (κ3) is 3.46. The Morgan fingerprint density at radius 3 is 2.56 bits per heavy atom. The Morgan fingerprint density at radius 1 is 1.44 bits per heavy atom. The normalized spacial score (nSPS) is 9.94. The smallest absolute Gasteiger partial charge is 0.323 e. The fourth-order valence-electron chi connectivity index (χ4n) is 1.47. The zero-order valence-corrected chi connectivity index (χ0v) is 11.7. The molecule has 0 spiro atoms. The molecule has 0 fully saturated rings. The number of hydrogen-bond acceptors (Lipinski definition) is 3. The van der Waals surface area contributed by atoms with Gasteiger partial charge in [0.1, 0.15) is 12.3 Å². The number of carbonyl (C=O) groups is 2. The summed E-state index contributed by atoms with van der Waals surface area (Å²) in [7, 11) is 1.53. The topological polar surface area (TPSA) is 66.8 Å². The highest BCUT2D eigenvalue weighted by atomic mass is 79.9. The van der Waals surface area contributed by atoms with Crippen LogP contribution in [-0.2, 0) is 4.79 Å². The van der Waals surface area contributed by atoms with E-state index in [2.05, 4.69) is 15.9 Å². The second-order valence-electron chi connectivity index (χ2n) is 3.56. The first-order valence-corrected chi connectivity index (χ1v) is 6.13. The fourth-order valence-corrected chi connectivity index (χ4v) is 2.01. The standard InChI is InChI=1S/C12H14BrNO4/c1-3-14(7-11(15)16)12(17)8-4-5-10(18-2)9(13)6-8/h4-6H,3,7H2,1-2H3,(H,15,16). The average Bonchev–Trinajstić information content (AvgIpc) is 2.34. The summed E-state index contributed by atoms with van der Waals surface area (Å²) in [6, 6.07) is 4.88. The van der Waals surface area contributed by atoms with Crippen LogP contribution in [-0.4, -0.2) is 42.1 Å². The first-order chi connectivity index (χ1) is 8.49. The van der Waals surface area contributed by atoms with Crippen LogP contribution < -0.4 is 4.74 Å². The monoisotopic (exact) mass is 315 g/mol. The van der Waals surface area contributed by atoms with E-state index in [9.17, 15) is 9.59 Å². The molecule has 0 unspecified atom stereocenters. The molecular weight excluding hydrogens is 302 g/mol. The minimum Gasteiger partial charge on any atom is -0.496 e. The SMILES string of the molecule is CCN(CC(=O)O)C(=O)c1ccc(OC)c(Br)c1. The second-order valence-corrected chi connectivity index (χ2v) is 4.42. The molecule has 0 aliphatic carbocycles. The number of hydrogen-bond donors (Lipinski definition) is 1. The molecule has 1 aromatic carbocycles. The van der Waals surface area contributed by atoms with Gasteiger partial charge in [0.2, 0.25) is 0 Å². The van der Waals surface area contributed by atoms with Crippen molar-refractivity contribution in [2.75, 3.05) is 20.2 Å². The van der Waals surface area contributed by atoms with E-state index in [1.165, 1.54) is 12.0 Å². The molecular formula is C12H14BrNO4. The molecule has 0 saturated carbocycles. The van der Waals surface area contributed by atoms with Gasteiger partial charge in [-0.05, 0) is 41.1 Å². The molecule has 1 rings (SSSR count). The van der Waals surface area contributed by atoms with Crippen molar-refractivity contribution in [2.45, 2.75) is 6.92 Å². The molecule has 18 heavy (non-hydrogen) atoms. The highest BCUT2D eigenvalue weighted by Gasteiger charge is 2.17. The van der Waals surface area contributed by atoms with Crippen LogP contribution in [0.15, 0.2) is 22.7 Å². The Bertz CT molecular complexity index is 461.